The normalized spacial score (nSPS) is 18.9. The largest absolute Gasteiger partial charge is 0.546 e. The van der Waals surface area contributed by atoms with Gasteiger partial charge in [0.2, 0.25) is 8.32 Å². The molecule has 3 aromatic rings. The van der Waals surface area contributed by atoms with Gasteiger partial charge in [0.25, 0.3) is 0 Å². The van der Waals surface area contributed by atoms with E-state index in [0.717, 1.165) is 12.2 Å². The summed E-state index contributed by atoms with van der Waals surface area (Å²) in [6, 6.07) is 32.0. The molecule has 0 spiro atoms. The SMILES string of the molecule is C[Si](C)(C)OC1=CCC(c2ccccc2)C(c2ccccc2)(c2ccccc2)OC1. The van der Waals surface area contributed by atoms with Crippen LogP contribution in [-0.2, 0) is 14.8 Å². The Kier molecular flexibility index (Phi) is 5.93. The fourth-order valence-corrected chi connectivity index (χ4v) is 5.32. The van der Waals surface area contributed by atoms with Crippen molar-refractivity contribution in [1.29, 1.82) is 0 Å². The van der Waals surface area contributed by atoms with Crippen molar-refractivity contribution in [2.75, 3.05) is 6.61 Å². The van der Waals surface area contributed by atoms with Crippen LogP contribution in [0.3, 0.4) is 0 Å². The molecule has 0 fully saturated rings. The maximum Gasteiger partial charge on any atom is 0.241 e. The van der Waals surface area contributed by atoms with Crippen molar-refractivity contribution < 1.29 is 9.16 Å². The van der Waals surface area contributed by atoms with Crippen LogP contribution in [0.15, 0.2) is 103 Å². The third-order valence-corrected chi connectivity index (χ3v) is 6.43. The zero-order valence-corrected chi connectivity index (χ0v) is 19.0. The second-order valence-electron chi connectivity index (χ2n) is 8.84. The molecular formula is C27H30O2Si. The van der Waals surface area contributed by atoms with Crippen LogP contribution < -0.4 is 0 Å². The summed E-state index contributed by atoms with van der Waals surface area (Å²) >= 11 is 0. The molecule has 1 heterocycles. The summed E-state index contributed by atoms with van der Waals surface area (Å²) < 4.78 is 13.3. The lowest BCUT2D eigenvalue weighted by Gasteiger charge is -2.41. The maximum absolute atomic E-state index is 6.92. The van der Waals surface area contributed by atoms with Gasteiger partial charge >= 0.3 is 0 Å². The van der Waals surface area contributed by atoms with Gasteiger partial charge in [-0.15, -0.1) is 0 Å². The third kappa shape index (κ3) is 4.28. The van der Waals surface area contributed by atoms with Crippen LogP contribution in [-0.4, -0.2) is 14.9 Å². The average Bonchev–Trinajstić information content (AvgIpc) is 2.95. The van der Waals surface area contributed by atoms with E-state index < -0.39 is 13.9 Å². The lowest BCUT2D eigenvalue weighted by Crippen LogP contribution is -2.38. The minimum Gasteiger partial charge on any atom is -0.546 e. The molecule has 3 aromatic carbocycles. The van der Waals surface area contributed by atoms with Gasteiger partial charge < -0.3 is 9.16 Å². The van der Waals surface area contributed by atoms with E-state index in [0.29, 0.717) is 6.61 Å². The highest BCUT2D eigenvalue weighted by Gasteiger charge is 2.45. The van der Waals surface area contributed by atoms with E-state index >= 15 is 0 Å². The van der Waals surface area contributed by atoms with Crippen molar-refractivity contribution >= 4 is 8.32 Å². The third-order valence-electron chi connectivity index (χ3n) is 5.56. The first-order valence-electron chi connectivity index (χ1n) is 10.7. The summed E-state index contributed by atoms with van der Waals surface area (Å²) in [6.07, 6.45) is 3.11. The topological polar surface area (TPSA) is 18.5 Å². The first-order valence-corrected chi connectivity index (χ1v) is 14.1. The van der Waals surface area contributed by atoms with Gasteiger partial charge in [0.1, 0.15) is 18.0 Å². The summed E-state index contributed by atoms with van der Waals surface area (Å²) in [5, 5.41) is 0. The Morgan fingerprint density at radius 1 is 0.767 bits per heavy atom. The molecule has 154 valence electrons. The van der Waals surface area contributed by atoms with Crippen LogP contribution in [0, 0.1) is 0 Å². The number of hydrogen-bond acceptors (Lipinski definition) is 2. The first-order chi connectivity index (χ1) is 14.5. The second kappa shape index (κ2) is 8.63. The molecular weight excluding hydrogens is 384 g/mol. The van der Waals surface area contributed by atoms with Crippen molar-refractivity contribution in [3.63, 3.8) is 0 Å². The van der Waals surface area contributed by atoms with E-state index in [1.54, 1.807) is 0 Å². The number of benzene rings is 3. The van der Waals surface area contributed by atoms with Crippen LogP contribution in [0.2, 0.25) is 19.6 Å². The molecule has 0 N–H and O–H groups in total. The highest BCUT2D eigenvalue weighted by atomic mass is 28.4. The van der Waals surface area contributed by atoms with Gasteiger partial charge in [-0.25, -0.2) is 0 Å². The quantitative estimate of drug-likeness (QED) is 0.424. The monoisotopic (exact) mass is 414 g/mol. The predicted octanol–water partition coefficient (Wildman–Crippen LogP) is 6.87. The van der Waals surface area contributed by atoms with Gasteiger partial charge in [0, 0.05) is 5.92 Å². The van der Waals surface area contributed by atoms with E-state index in [1.165, 1.54) is 16.7 Å². The van der Waals surface area contributed by atoms with Crippen molar-refractivity contribution in [2.45, 2.75) is 37.6 Å². The minimum absolute atomic E-state index is 0.131. The Morgan fingerprint density at radius 3 is 1.77 bits per heavy atom. The van der Waals surface area contributed by atoms with E-state index in [-0.39, 0.29) is 5.92 Å². The molecule has 1 aliphatic heterocycles. The average molecular weight is 415 g/mol. The van der Waals surface area contributed by atoms with Gasteiger partial charge in [-0.1, -0.05) is 91.0 Å². The van der Waals surface area contributed by atoms with E-state index in [4.69, 9.17) is 9.16 Å². The second-order valence-corrected chi connectivity index (χ2v) is 13.3. The van der Waals surface area contributed by atoms with Gasteiger partial charge in [0.05, 0.1) is 0 Å². The van der Waals surface area contributed by atoms with Crippen molar-refractivity contribution in [3.8, 4) is 0 Å². The molecule has 0 amide bonds. The van der Waals surface area contributed by atoms with Gasteiger partial charge in [-0.05, 0) is 48.8 Å². The number of ether oxygens (including phenoxy) is 1. The van der Waals surface area contributed by atoms with Crippen LogP contribution >= 0.6 is 0 Å². The molecule has 0 aliphatic carbocycles. The summed E-state index contributed by atoms with van der Waals surface area (Å²) in [5.41, 5.74) is 3.03. The van der Waals surface area contributed by atoms with Gasteiger partial charge in [-0.3, -0.25) is 0 Å². The van der Waals surface area contributed by atoms with Crippen LogP contribution in [0.25, 0.3) is 0 Å². The van der Waals surface area contributed by atoms with Crippen molar-refractivity contribution in [3.05, 3.63) is 120 Å². The van der Waals surface area contributed by atoms with E-state index in [9.17, 15) is 0 Å². The highest BCUT2D eigenvalue weighted by Crippen LogP contribution is 2.49. The van der Waals surface area contributed by atoms with Gasteiger partial charge in [0.15, 0.2) is 0 Å². The standard InChI is InChI=1S/C27H30O2Si/c1-30(2,3)29-25-19-20-26(22-13-7-4-8-14-22)27(28-21-25,23-15-9-5-10-16-23)24-17-11-6-12-18-24/h4-19,26H,20-21H2,1-3H3. The lowest BCUT2D eigenvalue weighted by atomic mass is 9.71. The van der Waals surface area contributed by atoms with Gasteiger partial charge in [-0.2, -0.15) is 0 Å². The van der Waals surface area contributed by atoms with E-state index in [2.05, 4.69) is 117 Å². The number of hydrogen-bond donors (Lipinski definition) is 0. The Balaban J connectivity index is 1.89. The molecule has 0 bridgehead atoms. The molecule has 0 radical (unpaired) electrons. The smallest absolute Gasteiger partial charge is 0.241 e. The number of rotatable bonds is 5. The zero-order valence-electron chi connectivity index (χ0n) is 18.0. The Morgan fingerprint density at radius 2 is 1.27 bits per heavy atom. The molecule has 2 nitrogen and oxygen atoms in total. The number of allylic oxidation sites excluding steroid dienone is 1. The molecule has 0 aromatic heterocycles. The summed E-state index contributed by atoms with van der Waals surface area (Å²) in [4.78, 5) is 0. The van der Waals surface area contributed by atoms with Crippen molar-refractivity contribution in [2.24, 2.45) is 0 Å². The Bertz CT molecular complexity index is 936. The summed E-state index contributed by atoms with van der Waals surface area (Å²) in [5.74, 6) is 1.09. The highest BCUT2D eigenvalue weighted by molar-refractivity contribution is 6.70. The molecule has 1 aliphatic rings. The maximum atomic E-state index is 6.92. The molecule has 1 atom stereocenters. The Hall–Kier alpha value is -2.62. The fourth-order valence-electron chi connectivity index (χ4n) is 4.39. The van der Waals surface area contributed by atoms with Crippen LogP contribution in [0.1, 0.15) is 29.0 Å². The summed E-state index contributed by atoms with van der Waals surface area (Å²) in [6.45, 7) is 7.12. The molecule has 1 unspecified atom stereocenters. The minimum atomic E-state index is -1.72. The molecule has 3 heteroatoms. The first kappa shape index (κ1) is 20.6. The molecule has 30 heavy (non-hydrogen) atoms. The predicted molar refractivity (Wildman–Crippen MR) is 126 cm³/mol. The molecule has 4 rings (SSSR count). The zero-order chi connectivity index (χ0) is 21.0. The lowest BCUT2D eigenvalue weighted by molar-refractivity contribution is -0.0303. The van der Waals surface area contributed by atoms with Crippen LogP contribution in [0.4, 0.5) is 0 Å². The van der Waals surface area contributed by atoms with Crippen LogP contribution in [0.5, 0.6) is 0 Å². The fraction of sp³-hybridized carbons (Fsp3) is 0.259. The summed E-state index contributed by atoms with van der Waals surface area (Å²) in [7, 11) is -1.72. The molecule has 0 saturated heterocycles. The van der Waals surface area contributed by atoms with Crippen molar-refractivity contribution in [1.82, 2.24) is 0 Å². The molecule has 0 saturated carbocycles. The van der Waals surface area contributed by atoms with E-state index in [1.807, 2.05) is 0 Å². The Labute approximate surface area is 181 Å².